The molecule has 2 heterocycles. The summed E-state index contributed by atoms with van der Waals surface area (Å²) in [6.07, 6.45) is 6.70. The number of alkyl halides is 1. The Bertz CT molecular complexity index is 155. The number of rotatable bonds is 0. The van der Waals surface area contributed by atoms with Crippen LogP contribution < -0.4 is 5.32 Å². The zero-order chi connectivity index (χ0) is 7.47. The van der Waals surface area contributed by atoms with E-state index in [-0.39, 0.29) is 5.00 Å². The fourth-order valence-corrected chi connectivity index (χ4v) is 4.09. The molecule has 4 fully saturated rings. The van der Waals surface area contributed by atoms with Gasteiger partial charge in [-0.1, -0.05) is 0 Å². The van der Waals surface area contributed by atoms with Crippen molar-refractivity contribution in [1.29, 1.82) is 0 Å². The first-order valence-electron chi connectivity index (χ1n) is 4.70. The van der Waals surface area contributed by atoms with Gasteiger partial charge in [-0.15, -0.1) is 11.6 Å². The quantitative estimate of drug-likeness (QED) is 0.435. The van der Waals surface area contributed by atoms with E-state index in [1.807, 2.05) is 0 Å². The van der Waals surface area contributed by atoms with E-state index in [2.05, 4.69) is 5.32 Å². The maximum absolute atomic E-state index is 6.42. The van der Waals surface area contributed by atoms with E-state index in [1.54, 1.807) is 0 Å². The van der Waals surface area contributed by atoms with E-state index in [0.717, 1.165) is 17.9 Å². The van der Waals surface area contributed by atoms with Gasteiger partial charge in [0.15, 0.2) is 0 Å². The van der Waals surface area contributed by atoms with Gasteiger partial charge in [0.05, 0.1) is 5.00 Å². The van der Waals surface area contributed by atoms with Crippen LogP contribution >= 0.6 is 11.6 Å². The van der Waals surface area contributed by atoms with Crippen LogP contribution in [0.2, 0.25) is 0 Å². The number of nitrogens with one attached hydrogen (secondary N) is 1. The molecule has 0 aromatic heterocycles. The maximum Gasteiger partial charge on any atom is 0.0943 e. The molecule has 1 N–H and O–H groups in total. The molecule has 0 spiro atoms. The van der Waals surface area contributed by atoms with Gasteiger partial charge in [-0.05, 0) is 43.9 Å². The van der Waals surface area contributed by atoms with Crippen LogP contribution in [-0.2, 0) is 0 Å². The Morgan fingerprint density at radius 2 is 1.73 bits per heavy atom. The normalized spacial score (nSPS) is 60.3. The largest absolute Gasteiger partial charge is 0.296 e. The zero-order valence-electron chi connectivity index (χ0n) is 6.65. The van der Waals surface area contributed by atoms with Crippen LogP contribution in [-0.4, -0.2) is 11.0 Å². The minimum absolute atomic E-state index is 0.0226. The van der Waals surface area contributed by atoms with Crippen LogP contribution in [0.3, 0.4) is 0 Å². The standard InChI is InChI=1S/C9H14ClN/c10-9-4-6-1-7(5-9)3-8(2-6)11-9/h6-8,11H,1-5H2. The van der Waals surface area contributed by atoms with Crippen molar-refractivity contribution in [2.45, 2.75) is 43.1 Å². The maximum atomic E-state index is 6.42. The fraction of sp³-hybridized carbons (Fsp3) is 1.00. The molecule has 0 amide bonds. The van der Waals surface area contributed by atoms with Crippen molar-refractivity contribution in [2.24, 2.45) is 11.8 Å². The van der Waals surface area contributed by atoms with E-state index in [4.69, 9.17) is 11.6 Å². The summed E-state index contributed by atoms with van der Waals surface area (Å²) in [6.45, 7) is 0. The van der Waals surface area contributed by atoms with Gasteiger partial charge < -0.3 is 0 Å². The third-order valence-electron chi connectivity index (χ3n) is 3.59. The summed E-state index contributed by atoms with van der Waals surface area (Å²) in [5.41, 5.74) is 0. The second kappa shape index (κ2) is 1.94. The second-order valence-corrected chi connectivity index (χ2v) is 5.38. The molecule has 2 unspecified atom stereocenters. The summed E-state index contributed by atoms with van der Waals surface area (Å²) in [7, 11) is 0. The summed E-state index contributed by atoms with van der Waals surface area (Å²) in [5, 5.41) is 3.56. The Hall–Kier alpha value is 0.250. The number of halogens is 1. The highest BCUT2D eigenvalue weighted by atomic mass is 35.5. The fourth-order valence-electron chi connectivity index (χ4n) is 3.50. The molecule has 2 aliphatic carbocycles. The van der Waals surface area contributed by atoms with Crippen molar-refractivity contribution in [1.82, 2.24) is 5.32 Å². The Kier molecular flexibility index (Phi) is 1.19. The van der Waals surface area contributed by atoms with Gasteiger partial charge in [-0.3, -0.25) is 5.32 Å². The molecule has 2 aliphatic heterocycles. The summed E-state index contributed by atoms with van der Waals surface area (Å²) >= 11 is 6.42. The summed E-state index contributed by atoms with van der Waals surface area (Å²) in [4.78, 5) is 0.0226. The molecule has 0 aromatic carbocycles. The predicted molar refractivity (Wildman–Crippen MR) is 45.6 cm³/mol. The first kappa shape index (κ1) is 6.73. The Morgan fingerprint density at radius 3 is 2.18 bits per heavy atom. The lowest BCUT2D eigenvalue weighted by Gasteiger charge is -2.54. The van der Waals surface area contributed by atoms with Gasteiger partial charge in [0, 0.05) is 6.04 Å². The third-order valence-corrected chi connectivity index (χ3v) is 4.01. The van der Waals surface area contributed by atoms with E-state index < -0.39 is 0 Å². The van der Waals surface area contributed by atoms with Crippen LogP contribution in [0.4, 0.5) is 0 Å². The van der Waals surface area contributed by atoms with E-state index >= 15 is 0 Å². The van der Waals surface area contributed by atoms with Crippen LogP contribution in [0.1, 0.15) is 32.1 Å². The first-order chi connectivity index (χ1) is 5.23. The van der Waals surface area contributed by atoms with Gasteiger partial charge in [-0.25, -0.2) is 0 Å². The van der Waals surface area contributed by atoms with Crippen LogP contribution in [0.25, 0.3) is 0 Å². The van der Waals surface area contributed by atoms with Crippen molar-refractivity contribution >= 4 is 11.6 Å². The topological polar surface area (TPSA) is 12.0 Å². The zero-order valence-corrected chi connectivity index (χ0v) is 7.40. The van der Waals surface area contributed by atoms with Crippen LogP contribution in [0, 0.1) is 11.8 Å². The van der Waals surface area contributed by atoms with Crippen LogP contribution in [0.5, 0.6) is 0 Å². The Morgan fingerprint density at radius 1 is 1.09 bits per heavy atom. The highest BCUT2D eigenvalue weighted by Gasteiger charge is 2.49. The predicted octanol–water partition coefficient (Wildman–Crippen LogP) is 2.10. The highest BCUT2D eigenvalue weighted by Crippen LogP contribution is 2.50. The molecule has 2 saturated carbocycles. The van der Waals surface area contributed by atoms with Gasteiger partial charge in [0.2, 0.25) is 0 Å². The van der Waals surface area contributed by atoms with E-state index in [0.29, 0.717) is 0 Å². The Labute approximate surface area is 72.5 Å². The molecule has 0 aromatic rings. The van der Waals surface area contributed by atoms with Gasteiger partial charge in [-0.2, -0.15) is 0 Å². The monoisotopic (exact) mass is 171 g/mol. The molecule has 11 heavy (non-hydrogen) atoms. The lowest BCUT2D eigenvalue weighted by atomic mass is 9.64. The molecule has 4 rings (SSSR count). The van der Waals surface area contributed by atoms with Gasteiger partial charge >= 0.3 is 0 Å². The second-order valence-electron chi connectivity index (χ2n) is 4.65. The van der Waals surface area contributed by atoms with E-state index in [9.17, 15) is 0 Å². The molecule has 2 atom stereocenters. The lowest BCUT2D eigenvalue weighted by Crippen LogP contribution is -2.61. The molecule has 1 nitrogen and oxygen atoms in total. The first-order valence-corrected chi connectivity index (χ1v) is 5.08. The van der Waals surface area contributed by atoms with Gasteiger partial charge in [0.25, 0.3) is 0 Å². The van der Waals surface area contributed by atoms with E-state index in [1.165, 1.54) is 32.1 Å². The molecule has 62 valence electrons. The molecule has 4 aliphatic rings. The molecule has 4 bridgehead atoms. The molecule has 0 radical (unpaired) electrons. The lowest BCUT2D eigenvalue weighted by molar-refractivity contribution is 0.0402. The third kappa shape index (κ3) is 0.940. The molecule has 2 saturated heterocycles. The highest BCUT2D eigenvalue weighted by molar-refractivity contribution is 6.23. The summed E-state index contributed by atoms with van der Waals surface area (Å²) in [6, 6.07) is 0.763. The van der Waals surface area contributed by atoms with Crippen molar-refractivity contribution in [3.05, 3.63) is 0 Å². The Balaban J connectivity index is 1.94. The van der Waals surface area contributed by atoms with Crippen molar-refractivity contribution in [2.75, 3.05) is 0 Å². The smallest absolute Gasteiger partial charge is 0.0943 e. The van der Waals surface area contributed by atoms with Crippen LogP contribution in [0.15, 0.2) is 0 Å². The molecular weight excluding hydrogens is 158 g/mol. The van der Waals surface area contributed by atoms with Crippen molar-refractivity contribution in [3.63, 3.8) is 0 Å². The van der Waals surface area contributed by atoms with Crippen molar-refractivity contribution in [3.8, 4) is 0 Å². The minimum atomic E-state index is 0.0226. The average molecular weight is 172 g/mol. The number of piperidine rings is 2. The summed E-state index contributed by atoms with van der Waals surface area (Å²) in [5.74, 6) is 1.90. The van der Waals surface area contributed by atoms with Crippen molar-refractivity contribution < 1.29 is 0 Å². The minimum Gasteiger partial charge on any atom is -0.296 e. The molecule has 2 heteroatoms. The molecular formula is C9H14ClN. The van der Waals surface area contributed by atoms with Gasteiger partial charge in [0.1, 0.15) is 0 Å². The average Bonchev–Trinajstić information content (AvgIpc) is 1.79. The number of hydrogen-bond acceptors (Lipinski definition) is 1. The number of hydrogen-bond donors (Lipinski definition) is 1. The summed E-state index contributed by atoms with van der Waals surface area (Å²) < 4.78 is 0. The SMILES string of the molecule is ClC12CC3CC(CC(C3)N1)C2.